The molecule has 0 aliphatic heterocycles. The average molecular weight is 396 g/mol. The lowest BCUT2D eigenvalue weighted by Gasteiger charge is -2.18. The van der Waals surface area contributed by atoms with Crippen molar-refractivity contribution in [2.24, 2.45) is 0 Å². The van der Waals surface area contributed by atoms with Crippen LogP contribution >= 0.6 is 15.9 Å². The number of aromatic nitrogens is 2. The van der Waals surface area contributed by atoms with Gasteiger partial charge in [0.25, 0.3) is 6.43 Å². The largest absolute Gasteiger partial charge is 0.377 e. The Labute approximate surface area is 145 Å². The molecule has 0 bridgehead atoms. The van der Waals surface area contributed by atoms with Crippen molar-refractivity contribution in [3.8, 4) is 0 Å². The number of alkyl halides is 2. The van der Waals surface area contributed by atoms with Crippen molar-refractivity contribution >= 4 is 32.5 Å². The first-order valence-corrected chi connectivity index (χ1v) is 8.00. The molecule has 0 radical (unpaired) electrons. The first-order valence-electron chi connectivity index (χ1n) is 7.21. The van der Waals surface area contributed by atoms with Gasteiger partial charge in [0, 0.05) is 15.4 Å². The van der Waals surface area contributed by atoms with Crippen molar-refractivity contribution in [3.05, 3.63) is 64.0 Å². The molecule has 0 fully saturated rings. The van der Waals surface area contributed by atoms with Crippen molar-refractivity contribution < 1.29 is 13.2 Å². The molecular weight excluding hydrogens is 383 g/mol. The van der Waals surface area contributed by atoms with E-state index in [4.69, 9.17) is 0 Å². The summed E-state index contributed by atoms with van der Waals surface area (Å²) in [6, 6.07) is 9.01. The van der Waals surface area contributed by atoms with E-state index in [1.54, 1.807) is 13.0 Å². The number of halogens is 4. The molecule has 0 saturated carbocycles. The summed E-state index contributed by atoms with van der Waals surface area (Å²) in [6.45, 7) is 1.71. The zero-order chi connectivity index (χ0) is 17.3. The summed E-state index contributed by atoms with van der Waals surface area (Å²) in [4.78, 5) is 0. The van der Waals surface area contributed by atoms with Crippen LogP contribution in [0.15, 0.2) is 47.1 Å². The first-order chi connectivity index (χ1) is 11.5. The highest BCUT2D eigenvalue weighted by Crippen LogP contribution is 2.31. The maximum atomic E-state index is 14.3. The molecule has 1 aromatic heterocycles. The molecule has 0 aliphatic carbocycles. The molecule has 0 spiro atoms. The van der Waals surface area contributed by atoms with E-state index in [1.807, 2.05) is 12.1 Å². The molecule has 0 saturated heterocycles. The van der Waals surface area contributed by atoms with E-state index in [9.17, 15) is 13.2 Å². The molecule has 0 aliphatic rings. The fourth-order valence-corrected chi connectivity index (χ4v) is 2.89. The molecular formula is C17H13BrF3N3. The van der Waals surface area contributed by atoms with Gasteiger partial charge in [0.2, 0.25) is 0 Å². The predicted octanol–water partition coefficient (Wildman–Crippen LogP) is 5.64. The standard InChI is InChI=1S/C17H13BrF3N3/c1-9(11-3-2-4-12(16(11)19)17(20)21)23-15-8-22-24-14-6-5-10(18)7-13(14)15/h2-9,17H,1H3,(H,23,24)/t9-/m1/s1. The fraction of sp³-hybridized carbons (Fsp3) is 0.176. The summed E-state index contributed by atoms with van der Waals surface area (Å²) in [7, 11) is 0. The second-order valence-corrected chi connectivity index (χ2v) is 6.25. The quantitative estimate of drug-likeness (QED) is 0.620. The highest BCUT2D eigenvalue weighted by molar-refractivity contribution is 9.10. The normalized spacial score (nSPS) is 12.6. The van der Waals surface area contributed by atoms with Gasteiger partial charge in [-0.25, -0.2) is 13.2 Å². The van der Waals surface area contributed by atoms with Crippen LogP contribution in [0.25, 0.3) is 10.9 Å². The SMILES string of the molecule is C[C@@H](Nc1cnnc2ccc(Br)cc12)c1cccc(C(F)F)c1F. The summed E-state index contributed by atoms with van der Waals surface area (Å²) >= 11 is 3.40. The molecule has 1 heterocycles. The highest BCUT2D eigenvalue weighted by Gasteiger charge is 2.19. The maximum absolute atomic E-state index is 14.3. The molecule has 0 amide bonds. The van der Waals surface area contributed by atoms with Crippen LogP contribution in [0.1, 0.15) is 30.5 Å². The van der Waals surface area contributed by atoms with Crippen LogP contribution in [0.3, 0.4) is 0 Å². The molecule has 0 unspecified atom stereocenters. The fourth-order valence-electron chi connectivity index (χ4n) is 2.53. The number of nitrogens with zero attached hydrogens (tertiary/aromatic N) is 2. The van der Waals surface area contributed by atoms with E-state index in [1.165, 1.54) is 18.3 Å². The molecule has 24 heavy (non-hydrogen) atoms. The molecule has 3 aromatic rings. The molecule has 2 aromatic carbocycles. The zero-order valence-electron chi connectivity index (χ0n) is 12.6. The van der Waals surface area contributed by atoms with Gasteiger partial charge < -0.3 is 5.32 Å². The van der Waals surface area contributed by atoms with Crippen LogP contribution in [-0.2, 0) is 0 Å². The number of anilines is 1. The van der Waals surface area contributed by atoms with Crippen LogP contribution in [-0.4, -0.2) is 10.2 Å². The summed E-state index contributed by atoms with van der Waals surface area (Å²) in [6.07, 6.45) is -1.32. The van der Waals surface area contributed by atoms with Gasteiger partial charge in [-0.3, -0.25) is 0 Å². The van der Waals surface area contributed by atoms with Crippen LogP contribution in [0, 0.1) is 5.82 Å². The van der Waals surface area contributed by atoms with E-state index >= 15 is 0 Å². The number of hydrogen-bond donors (Lipinski definition) is 1. The van der Waals surface area contributed by atoms with Gasteiger partial charge in [-0.1, -0.05) is 34.1 Å². The van der Waals surface area contributed by atoms with Crippen molar-refractivity contribution in [2.45, 2.75) is 19.4 Å². The number of hydrogen-bond acceptors (Lipinski definition) is 3. The Morgan fingerprint density at radius 3 is 2.62 bits per heavy atom. The second-order valence-electron chi connectivity index (χ2n) is 5.34. The Kier molecular flexibility index (Phi) is 4.71. The second kappa shape index (κ2) is 6.76. The third kappa shape index (κ3) is 3.21. The van der Waals surface area contributed by atoms with E-state index in [0.717, 1.165) is 15.9 Å². The third-order valence-corrected chi connectivity index (χ3v) is 4.23. The lowest BCUT2D eigenvalue weighted by Crippen LogP contribution is -2.11. The van der Waals surface area contributed by atoms with Gasteiger partial charge >= 0.3 is 0 Å². The zero-order valence-corrected chi connectivity index (χ0v) is 14.2. The first kappa shape index (κ1) is 16.7. The number of benzene rings is 2. The minimum atomic E-state index is -2.85. The molecule has 1 N–H and O–H groups in total. The summed E-state index contributed by atoms with van der Waals surface area (Å²) in [5.74, 6) is -0.889. The monoisotopic (exact) mass is 395 g/mol. The molecule has 3 rings (SSSR count). The predicted molar refractivity (Wildman–Crippen MR) is 90.6 cm³/mol. The summed E-state index contributed by atoms with van der Waals surface area (Å²) in [5, 5.41) is 11.9. The molecule has 7 heteroatoms. The number of rotatable bonds is 4. The van der Waals surface area contributed by atoms with Gasteiger partial charge in [-0.2, -0.15) is 10.2 Å². The van der Waals surface area contributed by atoms with Gasteiger partial charge in [0.15, 0.2) is 0 Å². The maximum Gasteiger partial charge on any atom is 0.266 e. The summed E-state index contributed by atoms with van der Waals surface area (Å²) in [5.41, 5.74) is 0.905. The third-order valence-electron chi connectivity index (χ3n) is 3.73. The lowest BCUT2D eigenvalue weighted by atomic mass is 10.0. The number of nitrogens with one attached hydrogen (secondary N) is 1. The topological polar surface area (TPSA) is 37.8 Å². The van der Waals surface area contributed by atoms with Crippen LogP contribution in [0.2, 0.25) is 0 Å². The average Bonchev–Trinajstić information content (AvgIpc) is 2.55. The highest BCUT2D eigenvalue weighted by atomic mass is 79.9. The Morgan fingerprint density at radius 1 is 1.12 bits per heavy atom. The minimum Gasteiger partial charge on any atom is -0.377 e. The van der Waals surface area contributed by atoms with E-state index in [2.05, 4.69) is 31.4 Å². The lowest BCUT2D eigenvalue weighted by molar-refractivity contribution is 0.146. The van der Waals surface area contributed by atoms with E-state index in [0.29, 0.717) is 11.2 Å². The Bertz CT molecular complexity index is 886. The van der Waals surface area contributed by atoms with Gasteiger partial charge in [0.1, 0.15) is 5.82 Å². The van der Waals surface area contributed by atoms with Crippen LogP contribution in [0.4, 0.5) is 18.9 Å². The van der Waals surface area contributed by atoms with Crippen molar-refractivity contribution in [1.29, 1.82) is 0 Å². The number of fused-ring (bicyclic) bond motifs is 1. The van der Waals surface area contributed by atoms with Crippen LogP contribution in [0.5, 0.6) is 0 Å². The molecule has 3 nitrogen and oxygen atoms in total. The van der Waals surface area contributed by atoms with Crippen molar-refractivity contribution in [1.82, 2.24) is 10.2 Å². The Morgan fingerprint density at radius 2 is 1.88 bits per heavy atom. The van der Waals surface area contributed by atoms with Gasteiger partial charge in [-0.05, 0) is 25.1 Å². The van der Waals surface area contributed by atoms with Crippen molar-refractivity contribution in [2.75, 3.05) is 5.32 Å². The minimum absolute atomic E-state index is 0.174. The Hall–Kier alpha value is -2.15. The molecule has 1 atom stereocenters. The molecule has 124 valence electrons. The van der Waals surface area contributed by atoms with Gasteiger partial charge in [-0.15, -0.1) is 0 Å². The van der Waals surface area contributed by atoms with Gasteiger partial charge in [0.05, 0.1) is 29.0 Å². The van der Waals surface area contributed by atoms with E-state index in [-0.39, 0.29) is 5.56 Å². The van der Waals surface area contributed by atoms with E-state index < -0.39 is 23.8 Å². The Balaban J connectivity index is 1.98. The van der Waals surface area contributed by atoms with Crippen LogP contribution < -0.4 is 5.32 Å². The summed E-state index contributed by atoms with van der Waals surface area (Å²) < 4.78 is 40.9. The smallest absolute Gasteiger partial charge is 0.266 e. The van der Waals surface area contributed by atoms with Crippen molar-refractivity contribution in [3.63, 3.8) is 0 Å².